The third kappa shape index (κ3) is 66.1. The van der Waals surface area contributed by atoms with Crippen LogP contribution in [0.15, 0.2) is 48.6 Å². The van der Waals surface area contributed by atoms with Gasteiger partial charge in [0.25, 0.3) is 0 Å². The average molecular weight is 1110 g/mol. The van der Waals surface area contributed by atoms with Crippen LogP contribution >= 0.6 is 0 Å². The van der Waals surface area contributed by atoms with Gasteiger partial charge in [0.1, 0.15) is 13.2 Å². The predicted molar refractivity (Wildman–Crippen MR) is 344 cm³/mol. The molecule has 1 atom stereocenters. The van der Waals surface area contributed by atoms with E-state index in [1.165, 1.54) is 257 Å². The summed E-state index contributed by atoms with van der Waals surface area (Å²) in [5.74, 6) is -0.840. The molecule has 0 radical (unpaired) electrons. The lowest BCUT2D eigenvalue weighted by Gasteiger charge is -2.18. The molecule has 6 nitrogen and oxygen atoms in total. The zero-order valence-corrected chi connectivity index (χ0v) is 53.2. The van der Waals surface area contributed by atoms with E-state index in [0.717, 1.165) is 83.5 Å². The van der Waals surface area contributed by atoms with Crippen LogP contribution in [0.1, 0.15) is 380 Å². The molecule has 0 N–H and O–H groups in total. The summed E-state index contributed by atoms with van der Waals surface area (Å²) in [6.45, 7) is 6.59. The minimum Gasteiger partial charge on any atom is -0.462 e. The summed E-state index contributed by atoms with van der Waals surface area (Å²) in [6, 6.07) is 0. The van der Waals surface area contributed by atoms with E-state index in [1.54, 1.807) is 0 Å². The monoisotopic (exact) mass is 1110 g/mol. The van der Waals surface area contributed by atoms with Crippen molar-refractivity contribution in [1.82, 2.24) is 0 Å². The molecule has 0 saturated carbocycles. The Labute approximate surface area is 492 Å². The van der Waals surface area contributed by atoms with Gasteiger partial charge < -0.3 is 14.2 Å². The van der Waals surface area contributed by atoms with Crippen molar-refractivity contribution in [2.45, 2.75) is 386 Å². The van der Waals surface area contributed by atoms with E-state index < -0.39 is 6.10 Å². The first-order valence-corrected chi connectivity index (χ1v) is 35.1. The molecule has 462 valence electrons. The number of allylic oxidation sites excluding steroid dienone is 8. The highest BCUT2D eigenvalue weighted by Gasteiger charge is 2.19. The maximum absolute atomic E-state index is 12.9. The van der Waals surface area contributed by atoms with E-state index in [1.807, 2.05) is 0 Å². The Hall–Kier alpha value is -2.63. The van der Waals surface area contributed by atoms with Gasteiger partial charge in [-0.15, -0.1) is 0 Å². The Morgan fingerprint density at radius 2 is 0.494 bits per heavy atom. The number of ether oxygens (including phenoxy) is 3. The van der Waals surface area contributed by atoms with Crippen LogP contribution in [0.2, 0.25) is 0 Å². The van der Waals surface area contributed by atoms with Gasteiger partial charge >= 0.3 is 17.9 Å². The van der Waals surface area contributed by atoms with Crippen molar-refractivity contribution in [1.29, 1.82) is 0 Å². The van der Waals surface area contributed by atoms with Crippen LogP contribution in [0.25, 0.3) is 0 Å². The van der Waals surface area contributed by atoms with Crippen LogP contribution in [-0.4, -0.2) is 37.2 Å². The number of carbonyl (C=O) groups excluding carboxylic acids is 3. The lowest BCUT2D eigenvalue weighted by atomic mass is 10.0. The fourth-order valence-electron chi connectivity index (χ4n) is 10.6. The van der Waals surface area contributed by atoms with Crippen LogP contribution in [0.3, 0.4) is 0 Å². The third-order valence-corrected chi connectivity index (χ3v) is 15.8. The minimum absolute atomic E-state index is 0.0664. The number of unbranched alkanes of at least 4 members (excludes halogenated alkanes) is 46. The summed E-state index contributed by atoms with van der Waals surface area (Å²) >= 11 is 0. The van der Waals surface area contributed by atoms with Gasteiger partial charge in [-0.2, -0.15) is 0 Å². The topological polar surface area (TPSA) is 78.9 Å². The van der Waals surface area contributed by atoms with Gasteiger partial charge in [-0.3, -0.25) is 14.4 Å². The zero-order valence-electron chi connectivity index (χ0n) is 53.2. The summed E-state index contributed by atoms with van der Waals surface area (Å²) in [5.41, 5.74) is 0. The highest BCUT2D eigenvalue weighted by molar-refractivity contribution is 5.71. The van der Waals surface area contributed by atoms with Crippen molar-refractivity contribution < 1.29 is 28.6 Å². The summed E-state index contributed by atoms with van der Waals surface area (Å²) < 4.78 is 17.0. The van der Waals surface area contributed by atoms with Gasteiger partial charge in [-0.25, -0.2) is 0 Å². The van der Waals surface area contributed by atoms with Gasteiger partial charge in [0.05, 0.1) is 0 Å². The van der Waals surface area contributed by atoms with Crippen LogP contribution in [0, 0.1) is 0 Å². The molecule has 79 heavy (non-hydrogen) atoms. The molecule has 0 spiro atoms. The number of esters is 3. The quantitative estimate of drug-likeness (QED) is 0.0261. The van der Waals surface area contributed by atoms with Gasteiger partial charge in [-0.1, -0.05) is 352 Å². The van der Waals surface area contributed by atoms with Crippen molar-refractivity contribution >= 4 is 17.9 Å². The van der Waals surface area contributed by atoms with Crippen LogP contribution in [0.4, 0.5) is 0 Å². The molecule has 0 aliphatic heterocycles. The summed E-state index contributed by atoms with van der Waals surface area (Å²) in [4.78, 5) is 38.4. The highest BCUT2D eigenvalue weighted by atomic mass is 16.6. The normalized spacial score (nSPS) is 12.3. The molecule has 0 aliphatic carbocycles. The van der Waals surface area contributed by atoms with Gasteiger partial charge in [0.2, 0.25) is 0 Å². The predicted octanol–water partition coefficient (Wildman–Crippen LogP) is 24.1. The molecule has 0 heterocycles. The maximum atomic E-state index is 12.9. The third-order valence-electron chi connectivity index (χ3n) is 15.8. The molecule has 1 unspecified atom stereocenters. The Kier molecular flexibility index (Phi) is 65.6. The summed E-state index contributed by atoms with van der Waals surface area (Å²) in [5, 5.41) is 0. The molecule has 0 amide bonds. The van der Waals surface area contributed by atoms with Gasteiger partial charge in [0.15, 0.2) is 6.10 Å². The fraction of sp³-hybridized carbons (Fsp3) is 0.849. The molecule has 0 rings (SSSR count). The van der Waals surface area contributed by atoms with E-state index in [4.69, 9.17) is 14.2 Å². The number of hydrogen-bond acceptors (Lipinski definition) is 6. The first-order valence-electron chi connectivity index (χ1n) is 35.1. The largest absolute Gasteiger partial charge is 0.462 e. The second-order valence-corrected chi connectivity index (χ2v) is 23.8. The lowest BCUT2D eigenvalue weighted by molar-refractivity contribution is -0.167. The second kappa shape index (κ2) is 67.9. The van der Waals surface area contributed by atoms with Crippen molar-refractivity contribution in [2.75, 3.05) is 13.2 Å². The van der Waals surface area contributed by atoms with Crippen LogP contribution < -0.4 is 0 Å². The van der Waals surface area contributed by atoms with E-state index in [9.17, 15) is 14.4 Å². The molecule has 0 saturated heterocycles. The first kappa shape index (κ1) is 76.4. The van der Waals surface area contributed by atoms with Gasteiger partial charge in [-0.05, 0) is 57.8 Å². The molecule has 0 aromatic heterocycles. The van der Waals surface area contributed by atoms with Crippen LogP contribution in [0.5, 0.6) is 0 Å². The van der Waals surface area contributed by atoms with Crippen molar-refractivity contribution in [3.8, 4) is 0 Å². The molecule has 0 aromatic rings. The molecule has 0 aromatic carbocycles. The van der Waals surface area contributed by atoms with Crippen molar-refractivity contribution in [2.24, 2.45) is 0 Å². The minimum atomic E-state index is -0.769. The standard InChI is InChI=1S/C73H134O6/c1-4-7-10-13-16-19-22-24-26-28-30-32-34-35-36-37-39-40-42-44-46-48-51-54-57-60-63-66-72(75)78-69-70(68-77-71(74)65-62-59-56-53-50-21-18-15-12-9-6-3)79-73(76)67-64-61-58-55-52-49-47-45-43-41-38-33-31-29-27-25-23-20-17-14-11-8-5-2/h7,10,16,19,24,26,30,32,70H,4-6,8-9,11-15,17-18,20-23,25,27-29,31,33-69H2,1-3H3/b10-7-,19-16-,26-24-,32-30-. The Morgan fingerprint density at radius 3 is 0.772 bits per heavy atom. The Morgan fingerprint density at radius 1 is 0.266 bits per heavy atom. The smallest absolute Gasteiger partial charge is 0.306 e. The average Bonchev–Trinajstić information content (AvgIpc) is 3.45. The first-order chi connectivity index (χ1) is 39.0. The van der Waals surface area contributed by atoms with Gasteiger partial charge in [0, 0.05) is 19.3 Å². The highest BCUT2D eigenvalue weighted by Crippen LogP contribution is 2.19. The van der Waals surface area contributed by atoms with E-state index in [-0.39, 0.29) is 31.1 Å². The number of rotatable bonds is 65. The molecular weight excluding hydrogens is 973 g/mol. The Bertz CT molecular complexity index is 1360. The van der Waals surface area contributed by atoms with E-state index in [0.29, 0.717) is 19.3 Å². The lowest BCUT2D eigenvalue weighted by Crippen LogP contribution is -2.30. The van der Waals surface area contributed by atoms with E-state index in [2.05, 4.69) is 69.4 Å². The summed E-state index contributed by atoms with van der Waals surface area (Å²) in [6.07, 6.45) is 85.7. The molecular formula is C73H134O6. The molecule has 0 aliphatic rings. The summed E-state index contributed by atoms with van der Waals surface area (Å²) in [7, 11) is 0. The maximum Gasteiger partial charge on any atom is 0.306 e. The number of carbonyl (C=O) groups is 3. The Balaban J connectivity index is 4.17. The van der Waals surface area contributed by atoms with Crippen molar-refractivity contribution in [3.05, 3.63) is 48.6 Å². The fourth-order valence-corrected chi connectivity index (χ4v) is 10.6. The zero-order chi connectivity index (χ0) is 57.1. The van der Waals surface area contributed by atoms with E-state index >= 15 is 0 Å². The van der Waals surface area contributed by atoms with Crippen LogP contribution in [-0.2, 0) is 28.6 Å². The number of hydrogen-bond donors (Lipinski definition) is 0. The molecule has 6 heteroatoms. The second-order valence-electron chi connectivity index (χ2n) is 23.8. The van der Waals surface area contributed by atoms with Crippen molar-refractivity contribution in [3.63, 3.8) is 0 Å². The molecule has 0 bridgehead atoms. The molecule has 0 fully saturated rings. The SMILES string of the molecule is CC/C=C\C/C=C\C/C=C\C/C=C\CCCCCCCCCCCCCCCCC(=O)OCC(COC(=O)CCCCCCCCCCCCC)OC(=O)CCCCCCCCCCCCCCCCCCCCCCCCC.